The van der Waals surface area contributed by atoms with Gasteiger partial charge in [-0.3, -0.25) is 9.36 Å². The molecule has 0 amide bonds. The number of carbonyl (C=O) groups excluding carboxylic acids is 1. The van der Waals surface area contributed by atoms with Crippen LogP contribution in [-0.4, -0.2) is 22.1 Å². The van der Waals surface area contributed by atoms with E-state index in [9.17, 15) is 9.59 Å². The molecule has 2 aromatic heterocycles. The zero-order valence-electron chi connectivity index (χ0n) is 18.7. The molecule has 1 aliphatic rings. The second-order valence-corrected chi connectivity index (χ2v) is 9.50. The summed E-state index contributed by atoms with van der Waals surface area (Å²) in [5.41, 5.74) is 3.59. The molecular formula is C27H26N2O3S. The van der Waals surface area contributed by atoms with Gasteiger partial charge >= 0.3 is 5.97 Å². The largest absolute Gasteiger partial charge is 0.462 e. The van der Waals surface area contributed by atoms with Crippen molar-refractivity contribution in [1.82, 2.24) is 9.55 Å². The van der Waals surface area contributed by atoms with Crippen molar-refractivity contribution in [2.45, 2.75) is 45.6 Å². The Hall–Kier alpha value is -3.25. The van der Waals surface area contributed by atoms with Gasteiger partial charge in [-0.05, 0) is 55.4 Å². The van der Waals surface area contributed by atoms with E-state index in [2.05, 4.69) is 0 Å². The van der Waals surface area contributed by atoms with Gasteiger partial charge in [0.1, 0.15) is 10.7 Å². The second kappa shape index (κ2) is 9.32. The second-order valence-electron chi connectivity index (χ2n) is 8.42. The lowest BCUT2D eigenvalue weighted by atomic mass is 9.97. The maximum absolute atomic E-state index is 13.8. The Morgan fingerprint density at radius 2 is 1.82 bits per heavy atom. The van der Waals surface area contributed by atoms with Crippen LogP contribution in [0.3, 0.4) is 0 Å². The molecule has 1 aliphatic carbocycles. The summed E-state index contributed by atoms with van der Waals surface area (Å²) >= 11 is 1.67. The molecule has 168 valence electrons. The van der Waals surface area contributed by atoms with Crippen LogP contribution < -0.4 is 5.56 Å². The summed E-state index contributed by atoms with van der Waals surface area (Å²) in [6, 6.07) is 17.2. The predicted octanol–water partition coefficient (Wildman–Crippen LogP) is 5.62. The molecule has 0 saturated carbocycles. The molecule has 0 aliphatic heterocycles. The number of nitrogens with zero attached hydrogens (tertiary/aromatic N) is 2. The van der Waals surface area contributed by atoms with Gasteiger partial charge < -0.3 is 4.74 Å². The minimum atomic E-state index is -0.321. The topological polar surface area (TPSA) is 61.2 Å². The Morgan fingerprint density at radius 3 is 2.58 bits per heavy atom. The lowest BCUT2D eigenvalue weighted by molar-refractivity contribution is 0.0505. The zero-order valence-corrected chi connectivity index (χ0v) is 19.5. The van der Waals surface area contributed by atoms with Crippen molar-refractivity contribution in [3.05, 3.63) is 86.5 Å². The van der Waals surface area contributed by atoms with E-state index in [1.165, 1.54) is 16.9 Å². The highest BCUT2D eigenvalue weighted by molar-refractivity contribution is 7.18. The van der Waals surface area contributed by atoms with E-state index in [4.69, 9.17) is 9.72 Å². The highest BCUT2D eigenvalue weighted by Crippen LogP contribution is 2.35. The molecule has 0 radical (unpaired) electrons. The van der Waals surface area contributed by atoms with Crippen LogP contribution in [0.25, 0.3) is 21.6 Å². The number of aryl methyl sites for hydroxylation is 2. The third-order valence-corrected chi connectivity index (χ3v) is 7.26. The van der Waals surface area contributed by atoms with Gasteiger partial charge in [-0.15, -0.1) is 11.3 Å². The average Bonchev–Trinajstić information content (AvgIpc) is 3.24. The minimum absolute atomic E-state index is 0.0182. The summed E-state index contributed by atoms with van der Waals surface area (Å²) in [4.78, 5) is 33.1. The molecule has 5 nitrogen and oxygen atoms in total. The van der Waals surface area contributed by atoms with Crippen LogP contribution in [0.5, 0.6) is 0 Å². The molecule has 0 bridgehead atoms. The highest BCUT2D eigenvalue weighted by atomic mass is 32.1. The van der Waals surface area contributed by atoms with E-state index >= 15 is 0 Å². The molecule has 0 fully saturated rings. The maximum Gasteiger partial charge on any atom is 0.338 e. The molecule has 2 heterocycles. The monoisotopic (exact) mass is 458 g/mol. The molecule has 0 atom stereocenters. The lowest BCUT2D eigenvalue weighted by Crippen LogP contribution is -2.24. The van der Waals surface area contributed by atoms with Crippen LogP contribution in [0.4, 0.5) is 0 Å². The number of carbonyl (C=O) groups is 1. The Balaban J connectivity index is 1.58. The van der Waals surface area contributed by atoms with Crippen molar-refractivity contribution in [3.8, 4) is 11.4 Å². The number of rotatable bonds is 6. The summed E-state index contributed by atoms with van der Waals surface area (Å²) in [6.07, 6.45) is 5.06. The van der Waals surface area contributed by atoms with Crippen LogP contribution >= 0.6 is 11.3 Å². The van der Waals surface area contributed by atoms with E-state index in [0.29, 0.717) is 24.5 Å². The SMILES string of the molecule is CCCOC(=O)c1ccc(Cn2c(-c3ccccc3)nc3sc4c(c3c2=O)CCCC4)cc1. The Morgan fingerprint density at radius 1 is 1.06 bits per heavy atom. The average molecular weight is 459 g/mol. The van der Waals surface area contributed by atoms with Crippen molar-refractivity contribution >= 4 is 27.5 Å². The number of hydrogen-bond acceptors (Lipinski definition) is 5. The van der Waals surface area contributed by atoms with E-state index in [0.717, 1.165) is 47.0 Å². The molecule has 2 aromatic carbocycles. The molecular weight excluding hydrogens is 432 g/mol. The fourth-order valence-corrected chi connectivity index (χ4v) is 5.65. The first-order valence-corrected chi connectivity index (χ1v) is 12.3. The first-order chi connectivity index (χ1) is 16.2. The zero-order chi connectivity index (χ0) is 22.8. The summed E-state index contributed by atoms with van der Waals surface area (Å²) < 4.78 is 7.00. The van der Waals surface area contributed by atoms with Crippen LogP contribution in [0.15, 0.2) is 59.4 Å². The van der Waals surface area contributed by atoms with Gasteiger partial charge in [-0.1, -0.05) is 49.4 Å². The van der Waals surface area contributed by atoms with Gasteiger partial charge in [0.2, 0.25) is 0 Å². The molecule has 6 heteroatoms. The van der Waals surface area contributed by atoms with E-state index in [1.807, 2.05) is 49.4 Å². The number of fused-ring (bicyclic) bond motifs is 3. The highest BCUT2D eigenvalue weighted by Gasteiger charge is 2.22. The number of hydrogen-bond donors (Lipinski definition) is 0. The van der Waals surface area contributed by atoms with E-state index in [1.54, 1.807) is 28.0 Å². The minimum Gasteiger partial charge on any atom is -0.462 e. The number of ether oxygens (including phenoxy) is 1. The summed E-state index contributed by atoms with van der Waals surface area (Å²) in [5.74, 6) is 0.358. The predicted molar refractivity (Wildman–Crippen MR) is 132 cm³/mol. The number of benzene rings is 2. The Kier molecular flexibility index (Phi) is 6.09. The van der Waals surface area contributed by atoms with Gasteiger partial charge in [0.25, 0.3) is 5.56 Å². The summed E-state index contributed by atoms with van der Waals surface area (Å²) in [6.45, 7) is 2.77. The molecule has 0 N–H and O–H groups in total. The lowest BCUT2D eigenvalue weighted by Gasteiger charge is -2.14. The third-order valence-electron chi connectivity index (χ3n) is 6.07. The molecule has 33 heavy (non-hydrogen) atoms. The van der Waals surface area contributed by atoms with Gasteiger partial charge in [-0.25, -0.2) is 9.78 Å². The van der Waals surface area contributed by atoms with Crippen LogP contribution in [0.1, 0.15) is 52.5 Å². The third kappa shape index (κ3) is 4.23. The first-order valence-electron chi connectivity index (χ1n) is 11.5. The number of thiophene rings is 1. The van der Waals surface area contributed by atoms with Crippen molar-refractivity contribution in [2.75, 3.05) is 6.61 Å². The van der Waals surface area contributed by atoms with Crippen molar-refractivity contribution < 1.29 is 9.53 Å². The molecule has 5 rings (SSSR count). The van der Waals surface area contributed by atoms with Gasteiger partial charge in [0.15, 0.2) is 0 Å². The summed E-state index contributed by atoms with van der Waals surface area (Å²) in [5, 5.41) is 0.786. The van der Waals surface area contributed by atoms with E-state index in [-0.39, 0.29) is 11.5 Å². The Labute approximate surface area is 196 Å². The number of esters is 1. The van der Waals surface area contributed by atoms with E-state index < -0.39 is 0 Å². The molecule has 4 aromatic rings. The van der Waals surface area contributed by atoms with Gasteiger partial charge in [-0.2, -0.15) is 0 Å². The van der Waals surface area contributed by atoms with Crippen molar-refractivity contribution in [3.63, 3.8) is 0 Å². The van der Waals surface area contributed by atoms with Gasteiger partial charge in [0, 0.05) is 10.4 Å². The Bertz CT molecular complexity index is 1350. The quantitative estimate of drug-likeness (QED) is 0.352. The van der Waals surface area contributed by atoms with Crippen molar-refractivity contribution in [1.29, 1.82) is 0 Å². The normalized spacial score (nSPS) is 13.1. The standard InChI is InChI=1S/C27H26N2O3S/c1-2-16-32-27(31)20-14-12-18(13-15-20)17-29-24(19-8-4-3-5-9-19)28-25-23(26(29)30)21-10-6-7-11-22(21)33-25/h3-5,8-9,12-15H,2,6-7,10-11,16-17H2,1H3. The van der Waals surface area contributed by atoms with Crippen molar-refractivity contribution in [2.24, 2.45) is 0 Å². The smallest absolute Gasteiger partial charge is 0.338 e. The first kappa shape index (κ1) is 21.6. The van der Waals surface area contributed by atoms with Crippen LogP contribution in [0, 0.1) is 0 Å². The molecule has 0 spiro atoms. The van der Waals surface area contributed by atoms with Gasteiger partial charge in [0.05, 0.1) is 24.1 Å². The number of aromatic nitrogens is 2. The molecule has 0 saturated heterocycles. The van der Waals surface area contributed by atoms with Crippen LogP contribution in [0.2, 0.25) is 0 Å². The summed E-state index contributed by atoms with van der Waals surface area (Å²) in [7, 11) is 0. The fourth-order valence-electron chi connectivity index (χ4n) is 4.40. The van der Waals surface area contributed by atoms with Crippen LogP contribution in [-0.2, 0) is 24.1 Å². The molecule has 0 unspecified atom stereocenters. The fraction of sp³-hybridized carbons (Fsp3) is 0.296. The maximum atomic E-state index is 13.8.